The fraction of sp³-hybridized carbons (Fsp3) is 0.938. The van der Waals surface area contributed by atoms with Crippen LogP contribution in [-0.2, 0) is 4.79 Å². The van der Waals surface area contributed by atoms with Crippen LogP contribution in [0.15, 0.2) is 0 Å². The molecule has 1 atom stereocenters. The number of carbonyl (C=O) groups excluding carboxylic acids is 1. The zero-order valence-corrected chi connectivity index (χ0v) is 12.7. The van der Waals surface area contributed by atoms with Crippen molar-refractivity contribution in [3.05, 3.63) is 0 Å². The molecule has 3 nitrogen and oxygen atoms in total. The van der Waals surface area contributed by atoms with Gasteiger partial charge in [-0.3, -0.25) is 4.79 Å². The molecule has 1 amide bonds. The maximum Gasteiger partial charge on any atom is 0.224 e. The van der Waals surface area contributed by atoms with Gasteiger partial charge in [0, 0.05) is 25.6 Å². The molecule has 1 heterocycles. The Balaban J connectivity index is 1.75. The molecule has 0 radical (unpaired) electrons. The molecule has 1 unspecified atom stereocenters. The quantitative estimate of drug-likeness (QED) is 0.848. The first kappa shape index (κ1) is 14.8. The topological polar surface area (TPSA) is 32.3 Å². The van der Waals surface area contributed by atoms with Crippen molar-refractivity contribution >= 4 is 5.91 Å². The molecule has 0 aromatic heterocycles. The third-order valence-electron chi connectivity index (χ3n) is 5.17. The summed E-state index contributed by atoms with van der Waals surface area (Å²) >= 11 is 0. The van der Waals surface area contributed by atoms with E-state index in [0.717, 1.165) is 12.5 Å². The third kappa shape index (κ3) is 4.20. The predicted octanol–water partition coefficient (Wildman–Crippen LogP) is 2.95. The average molecular weight is 266 g/mol. The third-order valence-corrected chi connectivity index (χ3v) is 5.17. The highest BCUT2D eigenvalue weighted by Crippen LogP contribution is 2.29. The first-order chi connectivity index (χ1) is 9.20. The summed E-state index contributed by atoms with van der Waals surface area (Å²) in [4.78, 5) is 14.4. The molecule has 0 spiro atoms. The highest BCUT2D eigenvalue weighted by atomic mass is 16.2. The molecule has 0 aromatic rings. The van der Waals surface area contributed by atoms with Gasteiger partial charge in [0.2, 0.25) is 5.91 Å². The van der Waals surface area contributed by atoms with Crippen molar-refractivity contribution < 1.29 is 4.79 Å². The Labute approximate surface area is 118 Å². The van der Waals surface area contributed by atoms with E-state index in [9.17, 15) is 4.79 Å². The summed E-state index contributed by atoms with van der Waals surface area (Å²) in [6.07, 6.45) is 10.7. The minimum Gasteiger partial charge on any atom is -0.343 e. The number of piperidine rings is 1. The van der Waals surface area contributed by atoms with Crippen molar-refractivity contribution in [1.29, 1.82) is 0 Å². The number of rotatable bonds is 4. The van der Waals surface area contributed by atoms with E-state index in [2.05, 4.69) is 12.2 Å². The largest absolute Gasteiger partial charge is 0.343 e. The molecule has 1 aliphatic carbocycles. The van der Waals surface area contributed by atoms with E-state index in [1.807, 2.05) is 11.9 Å². The first-order valence-corrected chi connectivity index (χ1v) is 8.19. The van der Waals surface area contributed by atoms with Gasteiger partial charge in [-0.15, -0.1) is 0 Å². The second kappa shape index (κ2) is 7.28. The highest BCUT2D eigenvalue weighted by Gasteiger charge is 2.27. The summed E-state index contributed by atoms with van der Waals surface area (Å²) in [5.74, 6) is 1.25. The average Bonchev–Trinajstić information content (AvgIpc) is 2.47. The molecular weight excluding hydrogens is 236 g/mol. The number of nitrogens with zero attached hydrogens (tertiary/aromatic N) is 1. The van der Waals surface area contributed by atoms with E-state index in [-0.39, 0.29) is 0 Å². The van der Waals surface area contributed by atoms with Gasteiger partial charge in [-0.05, 0) is 51.0 Å². The van der Waals surface area contributed by atoms with E-state index < -0.39 is 0 Å². The number of nitrogens with one attached hydrogen (secondary N) is 1. The Hall–Kier alpha value is -0.570. The van der Waals surface area contributed by atoms with Gasteiger partial charge >= 0.3 is 0 Å². The molecule has 1 saturated carbocycles. The van der Waals surface area contributed by atoms with Crippen LogP contribution in [0.5, 0.6) is 0 Å². The van der Waals surface area contributed by atoms with Crippen molar-refractivity contribution in [2.45, 2.75) is 76.8 Å². The summed E-state index contributed by atoms with van der Waals surface area (Å²) in [5, 5.41) is 3.48. The van der Waals surface area contributed by atoms with Crippen LogP contribution >= 0.6 is 0 Å². The van der Waals surface area contributed by atoms with Crippen molar-refractivity contribution in [3.8, 4) is 0 Å². The number of hydrogen-bond acceptors (Lipinski definition) is 2. The molecule has 1 N–H and O–H groups in total. The molecule has 1 aliphatic heterocycles. The van der Waals surface area contributed by atoms with Gasteiger partial charge in [0.05, 0.1) is 0 Å². The van der Waals surface area contributed by atoms with Crippen LogP contribution < -0.4 is 5.32 Å². The van der Waals surface area contributed by atoms with E-state index >= 15 is 0 Å². The van der Waals surface area contributed by atoms with Crippen LogP contribution in [0.2, 0.25) is 0 Å². The van der Waals surface area contributed by atoms with Gasteiger partial charge in [0.15, 0.2) is 0 Å². The molecule has 1 saturated heterocycles. The van der Waals surface area contributed by atoms with Gasteiger partial charge in [-0.25, -0.2) is 0 Å². The summed E-state index contributed by atoms with van der Waals surface area (Å²) in [7, 11) is 2.02. The lowest BCUT2D eigenvalue weighted by molar-refractivity contribution is -0.133. The van der Waals surface area contributed by atoms with Gasteiger partial charge in [0.25, 0.3) is 0 Å². The number of carbonyl (C=O) groups is 1. The number of amides is 1. The van der Waals surface area contributed by atoms with Crippen molar-refractivity contribution in [2.24, 2.45) is 5.92 Å². The molecular formula is C16H30N2O. The second-order valence-corrected chi connectivity index (χ2v) is 6.44. The zero-order chi connectivity index (χ0) is 13.7. The normalized spacial score (nSPS) is 32.0. The van der Waals surface area contributed by atoms with Crippen LogP contribution in [0.1, 0.15) is 64.7 Å². The minimum atomic E-state index is 0.347. The molecule has 0 bridgehead atoms. The molecule has 0 aromatic carbocycles. The number of hydrogen-bond donors (Lipinski definition) is 1. The standard InChI is InChI=1S/C16H30N2O/c1-3-13-7-9-15(10-8-13)18(2)16(19)12-14-6-4-5-11-17-14/h13-15,17H,3-12H2,1-2H3. The van der Waals surface area contributed by atoms with Crippen molar-refractivity contribution in [3.63, 3.8) is 0 Å². The molecule has 2 rings (SSSR count). The molecule has 110 valence electrons. The summed E-state index contributed by atoms with van der Waals surface area (Å²) in [6, 6.07) is 0.926. The van der Waals surface area contributed by atoms with Gasteiger partial charge in [-0.2, -0.15) is 0 Å². The predicted molar refractivity (Wildman–Crippen MR) is 79.1 cm³/mol. The van der Waals surface area contributed by atoms with E-state index in [1.165, 1.54) is 51.4 Å². The van der Waals surface area contributed by atoms with Gasteiger partial charge < -0.3 is 10.2 Å². The van der Waals surface area contributed by atoms with E-state index in [0.29, 0.717) is 24.4 Å². The van der Waals surface area contributed by atoms with E-state index in [1.54, 1.807) is 0 Å². The highest BCUT2D eigenvalue weighted by molar-refractivity contribution is 5.76. The Kier molecular flexibility index (Phi) is 5.68. The van der Waals surface area contributed by atoms with Crippen molar-refractivity contribution in [1.82, 2.24) is 10.2 Å². The lowest BCUT2D eigenvalue weighted by Crippen LogP contribution is -2.43. The minimum absolute atomic E-state index is 0.347. The summed E-state index contributed by atoms with van der Waals surface area (Å²) in [5.41, 5.74) is 0. The zero-order valence-electron chi connectivity index (χ0n) is 12.7. The SMILES string of the molecule is CCC1CCC(N(C)C(=O)CC2CCCCN2)CC1. The fourth-order valence-electron chi connectivity index (χ4n) is 3.60. The first-order valence-electron chi connectivity index (χ1n) is 8.19. The summed E-state index contributed by atoms with van der Waals surface area (Å²) < 4.78 is 0. The van der Waals surface area contributed by atoms with Crippen LogP contribution in [0, 0.1) is 5.92 Å². The lowest BCUT2D eigenvalue weighted by Gasteiger charge is -2.35. The molecule has 2 aliphatic rings. The fourth-order valence-corrected chi connectivity index (χ4v) is 3.60. The monoisotopic (exact) mass is 266 g/mol. The summed E-state index contributed by atoms with van der Waals surface area (Å²) in [6.45, 7) is 3.37. The maximum atomic E-state index is 12.3. The second-order valence-electron chi connectivity index (χ2n) is 6.44. The van der Waals surface area contributed by atoms with Crippen LogP contribution in [0.4, 0.5) is 0 Å². The van der Waals surface area contributed by atoms with Gasteiger partial charge in [0.1, 0.15) is 0 Å². The Bertz CT molecular complexity index is 278. The Morgan fingerprint density at radius 2 is 1.89 bits per heavy atom. The molecule has 2 fully saturated rings. The maximum absolute atomic E-state index is 12.3. The molecule has 3 heteroatoms. The lowest BCUT2D eigenvalue weighted by atomic mass is 9.84. The van der Waals surface area contributed by atoms with Crippen molar-refractivity contribution in [2.75, 3.05) is 13.6 Å². The van der Waals surface area contributed by atoms with Crippen LogP contribution in [-0.4, -0.2) is 36.5 Å². The van der Waals surface area contributed by atoms with E-state index in [4.69, 9.17) is 0 Å². The van der Waals surface area contributed by atoms with Crippen LogP contribution in [0.3, 0.4) is 0 Å². The Morgan fingerprint density at radius 1 is 1.16 bits per heavy atom. The molecule has 19 heavy (non-hydrogen) atoms. The smallest absolute Gasteiger partial charge is 0.224 e. The van der Waals surface area contributed by atoms with Crippen LogP contribution in [0.25, 0.3) is 0 Å². The Morgan fingerprint density at radius 3 is 2.47 bits per heavy atom. The van der Waals surface area contributed by atoms with Gasteiger partial charge in [-0.1, -0.05) is 19.8 Å².